The Bertz CT molecular complexity index is 388. The summed E-state index contributed by atoms with van der Waals surface area (Å²) >= 11 is 0. The lowest BCUT2D eigenvalue weighted by molar-refractivity contribution is 0.130. The van der Waals surface area contributed by atoms with E-state index in [2.05, 4.69) is 0 Å². The van der Waals surface area contributed by atoms with E-state index in [1.807, 2.05) is 33.8 Å². The highest BCUT2D eigenvalue weighted by Crippen LogP contribution is 2.31. The number of aromatic hydroxyl groups is 1. The van der Waals surface area contributed by atoms with Crippen molar-refractivity contribution in [2.45, 2.75) is 46.3 Å². The van der Waals surface area contributed by atoms with Crippen molar-refractivity contribution in [2.75, 3.05) is 0 Å². The SMILES string of the molecule is Cc1ccc(O)c([C@@H](O)C[C@@H](N)C(C)(C)C)c1.Cl. The molecule has 0 heterocycles. The van der Waals surface area contributed by atoms with Crippen LogP contribution in [0.2, 0.25) is 0 Å². The van der Waals surface area contributed by atoms with Gasteiger partial charge in [-0.05, 0) is 30.9 Å². The van der Waals surface area contributed by atoms with Gasteiger partial charge in [0.1, 0.15) is 5.75 Å². The van der Waals surface area contributed by atoms with E-state index < -0.39 is 6.10 Å². The fourth-order valence-electron chi connectivity index (χ4n) is 1.66. The molecule has 0 fully saturated rings. The van der Waals surface area contributed by atoms with Crippen LogP contribution in [0.5, 0.6) is 5.75 Å². The molecule has 0 aliphatic heterocycles. The first-order valence-electron chi connectivity index (χ1n) is 5.95. The molecule has 4 N–H and O–H groups in total. The fourth-order valence-corrected chi connectivity index (χ4v) is 1.66. The Morgan fingerprint density at radius 2 is 1.83 bits per heavy atom. The fraction of sp³-hybridized carbons (Fsp3) is 0.571. The summed E-state index contributed by atoms with van der Waals surface area (Å²) in [5.74, 6) is 0.129. The molecule has 0 aromatic heterocycles. The number of halogens is 1. The third kappa shape index (κ3) is 4.48. The number of aliphatic hydroxyl groups is 1. The summed E-state index contributed by atoms with van der Waals surface area (Å²) < 4.78 is 0. The maximum atomic E-state index is 10.1. The largest absolute Gasteiger partial charge is 0.508 e. The van der Waals surface area contributed by atoms with Gasteiger partial charge in [-0.25, -0.2) is 0 Å². The van der Waals surface area contributed by atoms with Gasteiger partial charge < -0.3 is 15.9 Å². The number of rotatable bonds is 3. The molecular formula is C14H24ClNO2. The zero-order valence-electron chi connectivity index (χ0n) is 11.5. The second kappa shape index (κ2) is 6.41. The molecule has 0 bridgehead atoms. The van der Waals surface area contributed by atoms with Crippen molar-refractivity contribution in [2.24, 2.45) is 11.1 Å². The van der Waals surface area contributed by atoms with Crippen LogP contribution in [0.1, 0.15) is 44.4 Å². The lowest BCUT2D eigenvalue weighted by atomic mass is 9.83. The van der Waals surface area contributed by atoms with Crippen molar-refractivity contribution < 1.29 is 10.2 Å². The van der Waals surface area contributed by atoms with E-state index in [-0.39, 0.29) is 29.6 Å². The molecular weight excluding hydrogens is 250 g/mol. The Morgan fingerprint density at radius 1 is 1.28 bits per heavy atom. The van der Waals surface area contributed by atoms with E-state index >= 15 is 0 Å². The molecule has 0 aliphatic rings. The summed E-state index contributed by atoms with van der Waals surface area (Å²) in [4.78, 5) is 0. The van der Waals surface area contributed by atoms with Gasteiger partial charge in [0.2, 0.25) is 0 Å². The highest BCUT2D eigenvalue weighted by molar-refractivity contribution is 5.85. The van der Waals surface area contributed by atoms with Crippen molar-refractivity contribution in [3.8, 4) is 5.75 Å². The number of hydrogen-bond acceptors (Lipinski definition) is 3. The van der Waals surface area contributed by atoms with Crippen LogP contribution in [-0.4, -0.2) is 16.3 Å². The van der Waals surface area contributed by atoms with E-state index in [1.54, 1.807) is 12.1 Å². The Labute approximate surface area is 115 Å². The zero-order valence-corrected chi connectivity index (χ0v) is 12.3. The monoisotopic (exact) mass is 273 g/mol. The first-order chi connectivity index (χ1) is 7.71. The molecule has 1 aromatic carbocycles. The third-order valence-corrected chi connectivity index (χ3v) is 3.13. The second-order valence-corrected chi connectivity index (χ2v) is 5.79. The molecule has 0 unspecified atom stereocenters. The van der Waals surface area contributed by atoms with Gasteiger partial charge in [0.15, 0.2) is 0 Å². The number of aryl methyl sites for hydroxylation is 1. The lowest BCUT2D eigenvalue weighted by Crippen LogP contribution is -2.36. The highest BCUT2D eigenvalue weighted by Gasteiger charge is 2.25. The van der Waals surface area contributed by atoms with Gasteiger partial charge in [0, 0.05) is 11.6 Å². The first-order valence-corrected chi connectivity index (χ1v) is 5.95. The van der Waals surface area contributed by atoms with Crippen molar-refractivity contribution >= 4 is 12.4 Å². The van der Waals surface area contributed by atoms with Crippen molar-refractivity contribution in [1.82, 2.24) is 0 Å². The average Bonchev–Trinajstić information content (AvgIpc) is 2.20. The van der Waals surface area contributed by atoms with Gasteiger partial charge >= 0.3 is 0 Å². The molecule has 104 valence electrons. The number of phenolic OH excluding ortho intramolecular Hbond substituents is 1. The lowest BCUT2D eigenvalue weighted by Gasteiger charge is -2.29. The van der Waals surface area contributed by atoms with E-state index in [9.17, 15) is 10.2 Å². The van der Waals surface area contributed by atoms with Gasteiger partial charge in [0.05, 0.1) is 6.10 Å². The minimum atomic E-state index is -0.718. The highest BCUT2D eigenvalue weighted by atomic mass is 35.5. The molecule has 3 nitrogen and oxygen atoms in total. The molecule has 0 amide bonds. The van der Waals surface area contributed by atoms with Crippen LogP contribution >= 0.6 is 12.4 Å². The summed E-state index contributed by atoms with van der Waals surface area (Å²) in [5, 5.41) is 19.8. The molecule has 1 aromatic rings. The second-order valence-electron chi connectivity index (χ2n) is 5.79. The smallest absolute Gasteiger partial charge is 0.121 e. The van der Waals surface area contributed by atoms with Crippen LogP contribution in [0.4, 0.5) is 0 Å². The summed E-state index contributed by atoms with van der Waals surface area (Å²) in [7, 11) is 0. The van der Waals surface area contributed by atoms with Gasteiger partial charge in [-0.2, -0.15) is 0 Å². The van der Waals surface area contributed by atoms with Gasteiger partial charge in [-0.3, -0.25) is 0 Å². The number of aliphatic hydroxyl groups excluding tert-OH is 1. The number of hydrogen-bond donors (Lipinski definition) is 3. The maximum Gasteiger partial charge on any atom is 0.121 e. The molecule has 0 spiro atoms. The summed E-state index contributed by atoms with van der Waals surface area (Å²) in [6.07, 6.45) is -0.273. The number of benzene rings is 1. The zero-order chi connectivity index (χ0) is 13.2. The first kappa shape index (κ1) is 17.2. The molecule has 2 atom stereocenters. The third-order valence-electron chi connectivity index (χ3n) is 3.13. The Balaban J connectivity index is 0.00000289. The molecule has 0 saturated carbocycles. The quantitative estimate of drug-likeness (QED) is 0.793. The van der Waals surface area contributed by atoms with E-state index in [1.165, 1.54) is 0 Å². The summed E-state index contributed by atoms with van der Waals surface area (Å²) in [6.45, 7) is 8.06. The minimum absolute atomic E-state index is 0. The van der Waals surface area contributed by atoms with E-state index in [0.29, 0.717) is 12.0 Å². The predicted molar refractivity (Wildman–Crippen MR) is 77.1 cm³/mol. The molecule has 4 heteroatoms. The molecule has 0 aliphatic carbocycles. The number of phenols is 1. The van der Waals surface area contributed by atoms with Gasteiger partial charge in [-0.1, -0.05) is 32.4 Å². The molecule has 18 heavy (non-hydrogen) atoms. The van der Waals surface area contributed by atoms with Gasteiger partial charge in [-0.15, -0.1) is 12.4 Å². The number of nitrogens with two attached hydrogens (primary N) is 1. The summed E-state index contributed by atoms with van der Waals surface area (Å²) in [5.41, 5.74) is 7.56. The maximum absolute atomic E-state index is 10.1. The minimum Gasteiger partial charge on any atom is -0.508 e. The van der Waals surface area contributed by atoms with Crippen molar-refractivity contribution in [3.63, 3.8) is 0 Å². The van der Waals surface area contributed by atoms with Crippen LogP contribution in [0, 0.1) is 12.3 Å². The van der Waals surface area contributed by atoms with Crippen LogP contribution in [0.15, 0.2) is 18.2 Å². The average molecular weight is 274 g/mol. The van der Waals surface area contributed by atoms with Crippen LogP contribution in [0.3, 0.4) is 0 Å². The van der Waals surface area contributed by atoms with E-state index in [4.69, 9.17) is 5.73 Å². The standard InChI is InChI=1S/C14H23NO2.ClH/c1-9-5-6-11(16)10(7-9)12(17)8-13(15)14(2,3)4;/h5-7,12-13,16-17H,8,15H2,1-4H3;1H/t12-,13+;/m0./s1. The molecule has 0 radical (unpaired) electrons. The Hall–Kier alpha value is -0.770. The summed E-state index contributed by atoms with van der Waals surface area (Å²) in [6, 6.07) is 5.11. The topological polar surface area (TPSA) is 66.5 Å². The van der Waals surface area contributed by atoms with Crippen molar-refractivity contribution in [1.29, 1.82) is 0 Å². The normalized spacial score (nSPS) is 14.8. The van der Waals surface area contributed by atoms with Crippen LogP contribution < -0.4 is 5.73 Å². The van der Waals surface area contributed by atoms with Crippen molar-refractivity contribution in [3.05, 3.63) is 29.3 Å². The predicted octanol–water partition coefficient (Wildman–Crippen LogP) is 2.92. The van der Waals surface area contributed by atoms with Crippen LogP contribution in [0.25, 0.3) is 0 Å². The van der Waals surface area contributed by atoms with E-state index in [0.717, 1.165) is 5.56 Å². The Kier molecular flexibility index (Phi) is 6.14. The molecule has 1 rings (SSSR count). The Morgan fingerprint density at radius 3 is 2.33 bits per heavy atom. The van der Waals surface area contributed by atoms with Crippen LogP contribution in [-0.2, 0) is 0 Å². The molecule has 0 saturated heterocycles. The van der Waals surface area contributed by atoms with Gasteiger partial charge in [0.25, 0.3) is 0 Å².